The Hall–Kier alpha value is -3.22. The fourth-order valence-corrected chi connectivity index (χ4v) is 3.71. The summed E-state index contributed by atoms with van der Waals surface area (Å²) in [4.78, 5) is 18.5. The lowest BCUT2D eigenvalue weighted by Gasteiger charge is -2.33. The average molecular weight is 424 g/mol. The normalized spacial score (nSPS) is 15.2. The number of piperidine rings is 1. The quantitative estimate of drug-likeness (QED) is 0.602. The van der Waals surface area contributed by atoms with Gasteiger partial charge in [0.05, 0.1) is 18.8 Å². The van der Waals surface area contributed by atoms with Gasteiger partial charge < -0.3 is 23.7 Å². The van der Waals surface area contributed by atoms with Crippen molar-refractivity contribution < 1.29 is 19.0 Å². The minimum atomic E-state index is -0.477. The van der Waals surface area contributed by atoms with Gasteiger partial charge >= 0.3 is 6.09 Å². The summed E-state index contributed by atoms with van der Waals surface area (Å²) in [7, 11) is 1.67. The Morgan fingerprint density at radius 1 is 1.06 bits per heavy atom. The van der Waals surface area contributed by atoms with Gasteiger partial charge in [0, 0.05) is 37.5 Å². The van der Waals surface area contributed by atoms with E-state index in [-0.39, 0.29) is 12.2 Å². The lowest BCUT2D eigenvalue weighted by Crippen LogP contribution is -2.44. The highest BCUT2D eigenvalue weighted by Gasteiger charge is 2.27. The summed E-state index contributed by atoms with van der Waals surface area (Å²) in [5.41, 5.74) is 0.589. The maximum atomic E-state index is 12.2. The van der Waals surface area contributed by atoms with Crippen LogP contribution in [-0.2, 0) is 4.74 Å². The highest BCUT2D eigenvalue weighted by molar-refractivity contribution is 5.83. The number of methoxy groups -OCH3 is 1. The van der Waals surface area contributed by atoms with Gasteiger partial charge in [-0.1, -0.05) is 0 Å². The lowest BCUT2D eigenvalue weighted by atomic mass is 10.1. The molecule has 0 bridgehead atoms. The van der Waals surface area contributed by atoms with Crippen LogP contribution in [0.25, 0.3) is 16.7 Å². The summed E-state index contributed by atoms with van der Waals surface area (Å²) >= 11 is 0. The van der Waals surface area contributed by atoms with Crippen LogP contribution in [0.2, 0.25) is 0 Å². The Morgan fingerprint density at radius 2 is 1.81 bits per heavy atom. The van der Waals surface area contributed by atoms with Gasteiger partial charge in [0.1, 0.15) is 29.0 Å². The molecule has 0 radical (unpaired) electrons. The molecule has 0 unspecified atom stereocenters. The van der Waals surface area contributed by atoms with E-state index in [1.165, 1.54) is 0 Å². The zero-order chi connectivity index (χ0) is 22.0. The molecule has 7 heteroatoms. The molecule has 1 saturated heterocycles. The fourth-order valence-electron chi connectivity index (χ4n) is 3.71. The number of hydrogen-bond donors (Lipinski definition) is 0. The molecule has 1 amide bonds. The molecular formula is C24H29N3O4. The number of amides is 1. The Morgan fingerprint density at radius 3 is 2.45 bits per heavy atom. The zero-order valence-corrected chi connectivity index (χ0v) is 18.5. The summed E-state index contributed by atoms with van der Waals surface area (Å²) in [5, 5.41) is 1.10. The maximum absolute atomic E-state index is 12.2. The molecule has 7 nitrogen and oxygen atoms in total. The predicted molar refractivity (Wildman–Crippen MR) is 119 cm³/mol. The van der Waals surface area contributed by atoms with E-state index in [0.29, 0.717) is 13.1 Å². The summed E-state index contributed by atoms with van der Waals surface area (Å²) in [6, 6.07) is 11.9. The molecule has 1 aliphatic heterocycles. The monoisotopic (exact) mass is 423 g/mol. The van der Waals surface area contributed by atoms with E-state index in [4.69, 9.17) is 14.2 Å². The number of rotatable bonds is 4. The van der Waals surface area contributed by atoms with Crippen molar-refractivity contribution >= 4 is 17.0 Å². The molecule has 0 saturated carbocycles. The number of aromatic nitrogens is 2. The first kappa shape index (κ1) is 21.0. The van der Waals surface area contributed by atoms with Crippen molar-refractivity contribution in [1.29, 1.82) is 0 Å². The number of ether oxygens (including phenoxy) is 3. The largest absolute Gasteiger partial charge is 0.497 e. The predicted octanol–water partition coefficient (Wildman–Crippen LogP) is 4.81. The van der Waals surface area contributed by atoms with Crippen molar-refractivity contribution in [3.63, 3.8) is 0 Å². The van der Waals surface area contributed by atoms with Gasteiger partial charge in [-0.2, -0.15) is 0 Å². The molecule has 4 rings (SSSR count). The number of carbonyl (C=O) groups excluding carboxylic acids is 1. The Bertz CT molecular complexity index is 1040. The first-order valence-electron chi connectivity index (χ1n) is 10.6. The standard InChI is InChI=1S/C24H29N3O4/c1-24(2,3)31-23(28)26-12-10-18(11-13-26)30-20-6-8-22(25-16-20)27-14-9-17-15-19(29-4)5-7-21(17)27/h5-9,14-16,18H,10-13H2,1-4H3. The minimum absolute atomic E-state index is 0.0613. The summed E-state index contributed by atoms with van der Waals surface area (Å²) < 4.78 is 18.9. The van der Waals surface area contributed by atoms with E-state index in [1.54, 1.807) is 18.2 Å². The van der Waals surface area contributed by atoms with E-state index in [1.807, 2.05) is 67.9 Å². The molecule has 31 heavy (non-hydrogen) atoms. The van der Waals surface area contributed by atoms with E-state index in [9.17, 15) is 4.79 Å². The summed E-state index contributed by atoms with van der Waals surface area (Å²) in [6.45, 7) is 6.90. The SMILES string of the molecule is COc1ccc2c(ccn2-c2ccc(OC3CCN(C(=O)OC(C)(C)C)CC3)cn2)c1. The van der Waals surface area contributed by atoms with Gasteiger partial charge in [-0.05, 0) is 57.2 Å². The van der Waals surface area contributed by atoms with E-state index < -0.39 is 5.60 Å². The van der Waals surface area contributed by atoms with Crippen LogP contribution in [0.5, 0.6) is 11.5 Å². The van der Waals surface area contributed by atoms with Gasteiger partial charge in [-0.25, -0.2) is 9.78 Å². The van der Waals surface area contributed by atoms with Crippen LogP contribution in [-0.4, -0.2) is 52.4 Å². The van der Waals surface area contributed by atoms with Gasteiger partial charge in [-0.3, -0.25) is 0 Å². The third-order valence-corrected chi connectivity index (χ3v) is 5.26. The molecule has 0 aliphatic carbocycles. The van der Waals surface area contributed by atoms with Gasteiger partial charge in [0.15, 0.2) is 0 Å². The smallest absolute Gasteiger partial charge is 0.410 e. The van der Waals surface area contributed by atoms with Gasteiger partial charge in [0.2, 0.25) is 0 Å². The van der Waals surface area contributed by atoms with E-state index >= 15 is 0 Å². The Kier molecular flexibility index (Phi) is 5.76. The fraction of sp³-hybridized carbons (Fsp3) is 0.417. The van der Waals surface area contributed by atoms with Crippen molar-refractivity contribution in [1.82, 2.24) is 14.5 Å². The molecule has 0 atom stereocenters. The lowest BCUT2D eigenvalue weighted by molar-refractivity contribution is 0.0126. The van der Waals surface area contributed by atoms with E-state index in [2.05, 4.69) is 4.98 Å². The van der Waals surface area contributed by atoms with Crippen molar-refractivity contribution in [3.05, 3.63) is 48.8 Å². The van der Waals surface area contributed by atoms with Crippen molar-refractivity contribution in [2.24, 2.45) is 0 Å². The second kappa shape index (κ2) is 8.49. The third-order valence-electron chi connectivity index (χ3n) is 5.26. The molecule has 1 aliphatic rings. The van der Waals surface area contributed by atoms with E-state index in [0.717, 1.165) is 41.1 Å². The molecule has 164 valence electrons. The number of fused-ring (bicyclic) bond motifs is 1. The minimum Gasteiger partial charge on any atom is -0.497 e. The van der Waals surface area contributed by atoms with Crippen LogP contribution in [0.1, 0.15) is 33.6 Å². The van der Waals surface area contributed by atoms with Crippen LogP contribution in [0.3, 0.4) is 0 Å². The molecule has 2 aromatic heterocycles. The zero-order valence-electron chi connectivity index (χ0n) is 18.5. The Labute approximate surface area is 182 Å². The average Bonchev–Trinajstić information content (AvgIpc) is 3.16. The molecule has 1 aromatic carbocycles. The summed E-state index contributed by atoms with van der Waals surface area (Å²) in [6.07, 6.45) is 5.10. The molecule has 1 fully saturated rings. The molecule has 3 aromatic rings. The number of carbonyl (C=O) groups is 1. The van der Waals surface area contributed by atoms with Crippen LogP contribution in [0, 0.1) is 0 Å². The number of hydrogen-bond acceptors (Lipinski definition) is 5. The first-order valence-corrected chi connectivity index (χ1v) is 10.6. The molecule has 0 spiro atoms. The van der Waals surface area contributed by atoms with Gasteiger partial charge in [-0.15, -0.1) is 0 Å². The second-order valence-corrected chi connectivity index (χ2v) is 8.75. The third kappa shape index (κ3) is 4.93. The first-order chi connectivity index (χ1) is 14.8. The van der Waals surface area contributed by atoms with Crippen LogP contribution < -0.4 is 9.47 Å². The van der Waals surface area contributed by atoms with Crippen LogP contribution in [0.15, 0.2) is 48.8 Å². The van der Waals surface area contributed by atoms with Crippen LogP contribution >= 0.6 is 0 Å². The maximum Gasteiger partial charge on any atom is 0.410 e. The Balaban J connectivity index is 1.36. The molecule has 3 heterocycles. The van der Waals surface area contributed by atoms with Crippen molar-refractivity contribution in [3.8, 4) is 17.3 Å². The number of nitrogens with zero attached hydrogens (tertiary/aromatic N) is 3. The highest BCUT2D eigenvalue weighted by atomic mass is 16.6. The second-order valence-electron chi connectivity index (χ2n) is 8.75. The topological polar surface area (TPSA) is 65.8 Å². The van der Waals surface area contributed by atoms with Gasteiger partial charge in [0.25, 0.3) is 0 Å². The molecule has 0 N–H and O–H groups in total. The number of benzene rings is 1. The van der Waals surface area contributed by atoms with Crippen molar-refractivity contribution in [2.75, 3.05) is 20.2 Å². The summed E-state index contributed by atoms with van der Waals surface area (Å²) in [5.74, 6) is 2.39. The van der Waals surface area contributed by atoms with Crippen LogP contribution in [0.4, 0.5) is 4.79 Å². The highest BCUT2D eigenvalue weighted by Crippen LogP contribution is 2.25. The number of likely N-dealkylation sites (tertiary alicyclic amines) is 1. The molecular weight excluding hydrogens is 394 g/mol. The van der Waals surface area contributed by atoms with Crippen molar-refractivity contribution in [2.45, 2.75) is 45.3 Å². The number of pyridine rings is 1.